The van der Waals surface area contributed by atoms with Crippen molar-refractivity contribution in [3.05, 3.63) is 34.7 Å². The van der Waals surface area contributed by atoms with Crippen molar-refractivity contribution in [2.75, 3.05) is 6.54 Å². The molecule has 0 spiro atoms. The van der Waals surface area contributed by atoms with Crippen LogP contribution in [0.2, 0.25) is 0 Å². The summed E-state index contributed by atoms with van der Waals surface area (Å²) in [6, 6.07) is 1.01. The van der Waals surface area contributed by atoms with Crippen LogP contribution in [0.5, 0.6) is 0 Å². The van der Waals surface area contributed by atoms with E-state index in [-0.39, 0.29) is 18.0 Å². The van der Waals surface area contributed by atoms with Crippen molar-refractivity contribution in [2.24, 2.45) is 22.5 Å². The zero-order valence-corrected chi connectivity index (χ0v) is 25.6. The Balaban J connectivity index is 1.74. The van der Waals surface area contributed by atoms with Crippen molar-refractivity contribution in [3.8, 4) is 0 Å². The Bertz CT molecular complexity index is 1240. The minimum atomic E-state index is -1.10. The highest BCUT2D eigenvalue weighted by atomic mass is 16.2. The number of hydrogen-bond donors (Lipinski definition) is 4. The van der Waals surface area contributed by atoms with Crippen molar-refractivity contribution in [3.63, 3.8) is 0 Å². The van der Waals surface area contributed by atoms with Gasteiger partial charge in [0.2, 0.25) is 17.6 Å². The summed E-state index contributed by atoms with van der Waals surface area (Å²) in [6.45, 7) is 11.9. The Morgan fingerprint density at radius 2 is 1.62 bits per heavy atom. The fourth-order valence-electron chi connectivity index (χ4n) is 5.15. The van der Waals surface area contributed by atoms with E-state index in [9.17, 15) is 28.8 Å². The third-order valence-electron chi connectivity index (χ3n) is 8.00. The lowest BCUT2D eigenvalue weighted by Crippen LogP contribution is -2.61. The number of likely N-dealkylation sites (tertiary alicyclic amines) is 1. The summed E-state index contributed by atoms with van der Waals surface area (Å²) >= 11 is 0. The van der Waals surface area contributed by atoms with Crippen LogP contribution in [-0.4, -0.2) is 69.7 Å². The molecule has 4 atom stereocenters. The van der Waals surface area contributed by atoms with E-state index in [0.29, 0.717) is 25.8 Å². The predicted octanol–water partition coefficient (Wildman–Crippen LogP) is 1.31. The summed E-state index contributed by atoms with van der Waals surface area (Å²) in [5.41, 5.74) is 3.91. The number of Topliss-reactive ketones (excluding diaryl/α,β-unsaturated/α-hetero) is 1. The van der Waals surface area contributed by atoms with Crippen LogP contribution in [0.4, 0.5) is 4.79 Å². The molecule has 5 amide bonds. The highest BCUT2D eigenvalue weighted by Gasteiger charge is 2.43. The molecule has 232 valence electrons. The fourth-order valence-corrected chi connectivity index (χ4v) is 5.15. The molecule has 1 aliphatic carbocycles. The molecule has 12 heteroatoms. The Hall–Kier alpha value is -3.70. The molecular formula is C30H46N6O6. The van der Waals surface area contributed by atoms with Crippen LogP contribution in [0.25, 0.3) is 0 Å². The first-order valence-electron chi connectivity index (χ1n) is 14.7. The maximum Gasteiger partial charge on any atom is 0.315 e. The number of nitrogens with zero attached hydrogens (tertiary/aromatic N) is 2. The molecule has 12 nitrogen and oxygen atoms in total. The van der Waals surface area contributed by atoms with Crippen LogP contribution < -0.4 is 27.2 Å². The lowest BCUT2D eigenvalue weighted by Gasteiger charge is -2.37. The largest absolute Gasteiger partial charge is 0.363 e. The lowest BCUT2D eigenvalue weighted by atomic mass is 9.85. The van der Waals surface area contributed by atoms with E-state index in [1.54, 1.807) is 18.3 Å². The number of pyridine rings is 1. The molecular weight excluding hydrogens is 540 g/mol. The number of nitrogens with two attached hydrogens (primary N) is 1. The van der Waals surface area contributed by atoms with Gasteiger partial charge in [-0.2, -0.15) is 0 Å². The van der Waals surface area contributed by atoms with Gasteiger partial charge in [0.1, 0.15) is 12.1 Å². The minimum absolute atomic E-state index is 0.188. The summed E-state index contributed by atoms with van der Waals surface area (Å²) in [4.78, 5) is 78.2. The second kappa shape index (κ2) is 13.1. The van der Waals surface area contributed by atoms with E-state index in [1.807, 2.05) is 41.5 Å². The first-order chi connectivity index (χ1) is 19.5. The normalized spacial score (nSPS) is 19.4. The molecule has 2 heterocycles. The topological polar surface area (TPSA) is 173 Å². The molecule has 1 saturated heterocycles. The molecule has 1 saturated carbocycles. The van der Waals surface area contributed by atoms with E-state index >= 15 is 0 Å². The van der Waals surface area contributed by atoms with E-state index in [4.69, 9.17) is 5.73 Å². The van der Waals surface area contributed by atoms with Crippen LogP contribution in [0.15, 0.2) is 29.2 Å². The number of carbonyl (C=O) groups is 5. The van der Waals surface area contributed by atoms with Crippen molar-refractivity contribution in [2.45, 2.75) is 104 Å². The summed E-state index contributed by atoms with van der Waals surface area (Å²) < 4.78 is 1.52. The Morgan fingerprint density at radius 1 is 0.952 bits per heavy atom. The quantitative estimate of drug-likeness (QED) is 0.285. The van der Waals surface area contributed by atoms with Gasteiger partial charge in [-0.05, 0) is 42.1 Å². The Kier molecular flexibility index (Phi) is 10.2. The number of aromatic nitrogens is 1. The maximum atomic E-state index is 13.9. The van der Waals surface area contributed by atoms with Gasteiger partial charge in [0.05, 0.1) is 12.1 Å². The Labute approximate surface area is 247 Å². The van der Waals surface area contributed by atoms with Gasteiger partial charge >= 0.3 is 6.03 Å². The lowest BCUT2D eigenvalue weighted by molar-refractivity contribution is -0.143. The van der Waals surface area contributed by atoms with E-state index in [0.717, 1.165) is 12.8 Å². The first kappa shape index (κ1) is 32.8. The predicted molar refractivity (Wildman–Crippen MR) is 157 cm³/mol. The van der Waals surface area contributed by atoms with Crippen molar-refractivity contribution in [1.82, 2.24) is 25.4 Å². The van der Waals surface area contributed by atoms with Gasteiger partial charge in [0.15, 0.2) is 0 Å². The zero-order valence-electron chi connectivity index (χ0n) is 25.6. The van der Waals surface area contributed by atoms with Crippen LogP contribution in [0.1, 0.15) is 73.6 Å². The van der Waals surface area contributed by atoms with E-state index in [2.05, 4.69) is 16.0 Å². The number of hydrogen-bond acceptors (Lipinski definition) is 6. The molecule has 5 N–H and O–H groups in total. The van der Waals surface area contributed by atoms with Gasteiger partial charge in [0.25, 0.3) is 11.5 Å². The number of primary amides is 1. The summed E-state index contributed by atoms with van der Waals surface area (Å²) in [7, 11) is 0. The number of ketones is 1. The molecule has 1 unspecified atom stereocenters. The number of urea groups is 1. The second-order valence-electron chi connectivity index (χ2n) is 13.7. The minimum Gasteiger partial charge on any atom is -0.363 e. The van der Waals surface area contributed by atoms with Gasteiger partial charge in [-0.1, -0.05) is 60.5 Å². The van der Waals surface area contributed by atoms with Gasteiger partial charge < -0.3 is 31.2 Å². The van der Waals surface area contributed by atoms with Gasteiger partial charge in [-0.15, -0.1) is 0 Å². The maximum absolute atomic E-state index is 13.9. The molecule has 0 bridgehead atoms. The Morgan fingerprint density at radius 3 is 2.17 bits per heavy atom. The molecule has 2 aliphatic rings. The van der Waals surface area contributed by atoms with Crippen LogP contribution in [-0.2, 0) is 25.7 Å². The molecule has 1 aliphatic heterocycles. The third kappa shape index (κ3) is 8.65. The molecule has 0 radical (unpaired) electrons. The fraction of sp³-hybridized carbons (Fsp3) is 0.667. The molecule has 42 heavy (non-hydrogen) atoms. The van der Waals surface area contributed by atoms with Crippen molar-refractivity contribution >= 4 is 29.5 Å². The number of amides is 5. The first-order valence-corrected chi connectivity index (χ1v) is 14.7. The summed E-state index contributed by atoms with van der Waals surface area (Å²) in [5, 5.41) is 8.45. The highest BCUT2D eigenvalue weighted by molar-refractivity contribution is 6.37. The van der Waals surface area contributed by atoms with Crippen molar-refractivity contribution < 1.29 is 24.0 Å². The number of carbonyl (C=O) groups excluding carboxylic acids is 5. The summed E-state index contributed by atoms with van der Waals surface area (Å²) in [6.07, 6.45) is 4.80. The van der Waals surface area contributed by atoms with Crippen LogP contribution in [0, 0.1) is 16.7 Å². The standard InChI is InChI=1S/C30H46N6O6/c1-29(2,3)21(17-35-14-8-7-11-22(35)37)33-28(42)34-24(30(4,5)6)27(41)36-15-9-10-20(36)26(40)32-19(16-18-12-13-18)23(38)25(31)39/h7-8,11,14,18-21,24H,9-10,12-13,15-17H2,1-6H3,(H2,31,39)(H,32,40)(H2,33,34,42)/t19?,20-,21+,24+/m0/s1. The molecule has 1 aromatic heterocycles. The SMILES string of the molecule is CC(C)(C)[C@H](NC(=O)N[C@H](Cn1ccccc1=O)C(C)(C)C)C(=O)N1CCC[C@H]1C(=O)NC(CC1CC1)C(=O)C(N)=O. The zero-order chi connectivity index (χ0) is 31.4. The van der Waals surface area contributed by atoms with Crippen LogP contribution in [0.3, 0.4) is 0 Å². The number of rotatable bonds is 11. The average Bonchev–Trinajstić information content (AvgIpc) is 3.56. The highest BCUT2D eigenvalue weighted by Crippen LogP contribution is 2.34. The van der Waals surface area contributed by atoms with Gasteiger partial charge in [0, 0.05) is 25.4 Å². The van der Waals surface area contributed by atoms with E-state index < -0.39 is 64.5 Å². The van der Waals surface area contributed by atoms with Crippen LogP contribution >= 0.6 is 0 Å². The molecule has 1 aromatic rings. The van der Waals surface area contributed by atoms with Crippen molar-refractivity contribution in [1.29, 1.82) is 0 Å². The van der Waals surface area contributed by atoms with E-state index in [1.165, 1.54) is 15.5 Å². The average molecular weight is 587 g/mol. The molecule has 3 rings (SSSR count). The summed E-state index contributed by atoms with van der Waals surface area (Å²) in [5.74, 6) is -2.62. The molecule has 2 fully saturated rings. The second-order valence-corrected chi connectivity index (χ2v) is 13.7. The monoisotopic (exact) mass is 586 g/mol. The van der Waals surface area contributed by atoms with Gasteiger partial charge in [-0.25, -0.2) is 4.79 Å². The van der Waals surface area contributed by atoms with Gasteiger partial charge in [-0.3, -0.25) is 24.0 Å². The smallest absolute Gasteiger partial charge is 0.315 e. The number of nitrogens with one attached hydrogen (secondary N) is 3. The third-order valence-corrected chi connectivity index (χ3v) is 8.00. The molecule has 0 aromatic carbocycles.